The SMILES string of the molecule is CC[C@@H](C)NC(=O)[C@@H](CC)N(Cc1ccccc1Cl)C(=O)CN(c1ccc(F)cc1)S(=O)(=O)N(C)C. The van der Waals surface area contributed by atoms with Crippen LogP contribution in [-0.2, 0) is 26.3 Å². The van der Waals surface area contributed by atoms with Crippen molar-refractivity contribution in [3.8, 4) is 0 Å². The monoisotopic (exact) mass is 540 g/mol. The van der Waals surface area contributed by atoms with Crippen molar-refractivity contribution in [2.75, 3.05) is 24.9 Å². The van der Waals surface area contributed by atoms with Crippen LogP contribution in [0.2, 0.25) is 5.02 Å². The Morgan fingerprint density at radius 2 is 1.64 bits per heavy atom. The summed E-state index contributed by atoms with van der Waals surface area (Å²) in [5.74, 6) is -1.48. The number of halogens is 2. The molecule has 11 heteroatoms. The number of hydrogen-bond acceptors (Lipinski definition) is 4. The maximum Gasteiger partial charge on any atom is 0.304 e. The molecule has 0 radical (unpaired) electrons. The highest BCUT2D eigenvalue weighted by Gasteiger charge is 2.34. The zero-order valence-electron chi connectivity index (χ0n) is 21.2. The smallest absolute Gasteiger partial charge is 0.304 e. The molecular formula is C25H34ClFN4O4S. The lowest BCUT2D eigenvalue weighted by atomic mass is 10.1. The molecule has 0 bridgehead atoms. The lowest BCUT2D eigenvalue weighted by Gasteiger charge is -2.34. The molecule has 2 aromatic carbocycles. The third kappa shape index (κ3) is 7.41. The van der Waals surface area contributed by atoms with Crippen molar-refractivity contribution in [2.45, 2.75) is 52.2 Å². The van der Waals surface area contributed by atoms with E-state index in [1.165, 1.54) is 31.1 Å². The van der Waals surface area contributed by atoms with Crippen LogP contribution in [-0.4, -0.2) is 62.2 Å². The number of anilines is 1. The van der Waals surface area contributed by atoms with Crippen LogP contribution in [0.15, 0.2) is 48.5 Å². The first kappa shape index (κ1) is 29.5. The van der Waals surface area contributed by atoms with E-state index in [1.54, 1.807) is 31.2 Å². The summed E-state index contributed by atoms with van der Waals surface area (Å²) in [7, 11) is -1.44. The molecule has 0 aromatic heterocycles. The second kappa shape index (κ2) is 13.0. The van der Waals surface area contributed by atoms with Gasteiger partial charge >= 0.3 is 10.2 Å². The second-order valence-electron chi connectivity index (χ2n) is 8.63. The zero-order valence-corrected chi connectivity index (χ0v) is 22.8. The fourth-order valence-electron chi connectivity index (χ4n) is 3.49. The first-order chi connectivity index (χ1) is 16.9. The van der Waals surface area contributed by atoms with Gasteiger partial charge < -0.3 is 10.2 Å². The molecule has 2 rings (SSSR count). The van der Waals surface area contributed by atoms with Crippen LogP contribution < -0.4 is 9.62 Å². The summed E-state index contributed by atoms with van der Waals surface area (Å²) in [4.78, 5) is 28.2. The van der Waals surface area contributed by atoms with Crippen molar-refractivity contribution in [1.29, 1.82) is 0 Å². The van der Waals surface area contributed by atoms with E-state index < -0.39 is 34.5 Å². The second-order valence-corrected chi connectivity index (χ2v) is 11.1. The number of hydrogen-bond donors (Lipinski definition) is 1. The minimum absolute atomic E-state index is 0.00418. The Morgan fingerprint density at radius 1 is 1.03 bits per heavy atom. The first-order valence-corrected chi connectivity index (χ1v) is 13.5. The Hall–Kier alpha value is -2.69. The molecular weight excluding hydrogens is 507 g/mol. The van der Waals surface area contributed by atoms with Gasteiger partial charge in [0.05, 0.1) is 5.69 Å². The maximum atomic E-state index is 13.7. The van der Waals surface area contributed by atoms with Crippen LogP contribution in [0.4, 0.5) is 10.1 Å². The largest absolute Gasteiger partial charge is 0.352 e. The van der Waals surface area contributed by atoms with Crippen molar-refractivity contribution in [1.82, 2.24) is 14.5 Å². The Morgan fingerprint density at radius 3 is 2.17 bits per heavy atom. The van der Waals surface area contributed by atoms with Crippen molar-refractivity contribution in [2.24, 2.45) is 0 Å². The van der Waals surface area contributed by atoms with Gasteiger partial charge in [-0.25, -0.2) is 8.70 Å². The Bertz CT molecular complexity index is 1150. The van der Waals surface area contributed by atoms with Crippen molar-refractivity contribution < 1.29 is 22.4 Å². The quantitative estimate of drug-likeness (QED) is 0.443. The molecule has 0 spiro atoms. The average Bonchev–Trinajstić information content (AvgIpc) is 2.83. The zero-order chi connectivity index (χ0) is 27.0. The van der Waals surface area contributed by atoms with E-state index in [9.17, 15) is 22.4 Å². The third-order valence-corrected chi connectivity index (χ3v) is 8.01. The van der Waals surface area contributed by atoms with Crippen LogP contribution in [0.3, 0.4) is 0 Å². The standard InChI is InChI=1S/C25H34ClFN4O4S/c1-6-18(3)28-25(33)23(7-2)30(16-19-10-8-9-11-22(19)26)24(32)17-31(36(34,35)29(4)5)21-14-12-20(27)13-15-21/h8-15,18,23H,6-7,16-17H2,1-5H3,(H,28,33)/t18-,23-/m1/s1. The third-order valence-electron chi connectivity index (χ3n) is 5.82. The molecule has 2 amide bonds. The summed E-state index contributed by atoms with van der Waals surface area (Å²) in [5, 5.41) is 3.33. The summed E-state index contributed by atoms with van der Waals surface area (Å²) in [5.41, 5.74) is 0.736. The molecule has 2 aromatic rings. The molecule has 36 heavy (non-hydrogen) atoms. The molecule has 198 valence electrons. The molecule has 0 aliphatic heterocycles. The predicted octanol–water partition coefficient (Wildman–Crippen LogP) is 3.81. The van der Waals surface area contributed by atoms with Crippen LogP contribution in [0.5, 0.6) is 0 Å². The lowest BCUT2D eigenvalue weighted by Crippen LogP contribution is -2.54. The van der Waals surface area contributed by atoms with Crippen LogP contribution in [0.1, 0.15) is 39.2 Å². The number of rotatable bonds is 12. The fourth-order valence-corrected chi connectivity index (χ4v) is 4.75. The lowest BCUT2D eigenvalue weighted by molar-refractivity contribution is -0.140. The van der Waals surface area contributed by atoms with Crippen LogP contribution in [0.25, 0.3) is 0 Å². The number of nitrogens with zero attached hydrogens (tertiary/aromatic N) is 3. The van der Waals surface area contributed by atoms with Gasteiger partial charge in [0.25, 0.3) is 0 Å². The average molecular weight is 541 g/mol. The number of amides is 2. The van der Waals surface area contributed by atoms with Gasteiger partial charge in [0, 0.05) is 31.7 Å². The van der Waals surface area contributed by atoms with Gasteiger partial charge in [0.1, 0.15) is 18.4 Å². The fraction of sp³-hybridized carbons (Fsp3) is 0.440. The van der Waals surface area contributed by atoms with E-state index in [0.717, 1.165) is 20.7 Å². The summed E-state index contributed by atoms with van der Waals surface area (Å²) in [6, 6.07) is 10.8. The van der Waals surface area contributed by atoms with Gasteiger partial charge in [-0.15, -0.1) is 0 Å². The molecule has 0 aliphatic carbocycles. The van der Waals surface area contributed by atoms with Crippen molar-refractivity contribution in [3.05, 3.63) is 64.9 Å². The molecule has 1 N–H and O–H groups in total. The molecule has 0 unspecified atom stereocenters. The highest BCUT2D eigenvalue weighted by molar-refractivity contribution is 7.90. The van der Waals surface area contributed by atoms with E-state index in [-0.39, 0.29) is 24.2 Å². The molecule has 0 saturated carbocycles. The van der Waals surface area contributed by atoms with Gasteiger partial charge in [-0.1, -0.05) is 43.6 Å². The molecule has 0 saturated heterocycles. The van der Waals surface area contributed by atoms with Gasteiger partial charge in [0.15, 0.2) is 0 Å². The highest BCUT2D eigenvalue weighted by atomic mass is 35.5. The number of carbonyl (C=O) groups excluding carboxylic acids is 2. The normalized spacial score (nSPS) is 13.2. The number of benzene rings is 2. The number of nitrogens with one attached hydrogen (secondary N) is 1. The van der Waals surface area contributed by atoms with Gasteiger partial charge in [-0.05, 0) is 55.7 Å². The molecule has 0 aliphatic rings. The summed E-state index contributed by atoms with van der Waals surface area (Å²) in [6.07, 6.45) is 1.01. The molecule has 8 nitrogen and oxygen atoms in total. The van der Waals surface area contributed by atoms with E-state index >= 15 is 0 Å². The molecule has 0 heterocycles. The summed E-state index contributed by atoms with van der Waals surface area (Å²) >= 11 is 6.35. The number of carbonyl (C=O) groups is 2. The van der Waals surface area contributed by atoms with Crippen LogP contribution in [0, 0.1) is 5.82 Å². The van der Waals surface area contributed by atoms with E-state index in [4.69, 9.17) is 11.6 Å². The minimum Gasteiger partial charge on any atom is -0.352 e. The summed E-state index contributed by atoms with van der Waals surface area (Å²) < 4.78 is 41.7. The predicted molar refractivity (Wildman–Crippen MR) is 140 cm³/mol. The van der Waals surface area contributed by atoms with E-state index in [2.05, 4.69) is 5.32 Å². The first-order valence-electron chi connectivity index (χ1n) is 11.7. The minimum atomic E-state index is -4.12. The Balaban J connectivity index is 2.51. The maximum absolute atomic E-state index is 13.7. The van der Waals surface area contributed by atoms with E-state index in [0.29, 0.717) is 23.4 Å². The summed E-state index contributed by atoms with van der Waals surface area (Å²) in [6.45, 7) is 4.99. The van der Waals surface area contributed by atoms with Crippen molar-refractivity contribution in [3.63, 3.8) is 0 Å². The molecule has 0 fully saturated rings. The van der Waals surface area contributed by atoms with Crippen LogP contribution >= 0.6 is 11.6 Å². The highest BCUT2D eigenvalue weighted by Crippen LogP contribution is 2.23. The molecule has 2 atom stereocenters. The Kier molecular flexibility index (Phi) is 10.7. The van der Waals surface area contributed by atoms with Gasteiger partial charge in [-0.3, -0.25) is 9.59 Å². The Labute approximate surface area is 218 Å². The van der Waals surface area contributed by atoms with E-state index in [1.807, 2.05) is 13.8 Å². The topological polar surface area (TPSA) is 90.0 Å². The van der Waals surface area contributed by atoms with Gasteiger partial charge in [0.2, 0.25) is 11.8 Å². The van der Waals surface area contributed by atoms with Gasteiger partial charge in [-0.2, -0.15) is 12.7 Å². The van der Waals surface area contributed by atoms with Crippen molar-refractivity contribution >= 4 is 39.3 Å².